The molecule has 0 saturated heterocycles. The summed E-state index contributed by atoms with van der Waals surface area (Å²) in [6, 6.07) is 5.92. The second kappa shape index (κ2) is 4.10. The third-order valence-electron chi connectivity index (χ3n) is 3.27. The molecular formula is C13H12N2O2S. The molecule has 5 heteroatoms. The fourth-order valence-electron chi connectivity index (χ4n) is 2.37. The number of methoxy groups -OCH3 is 1. The van der Waals surface area contributed by atoms with Gasteiger partial charge in [0.1, 0.15) is 5.75 Å². The van der Waals surface area contributed by atoms with E-state index in [0.717, 1.165) is 35.4 Å². The van der Waals surface area contributed by atoms with E-state index in [1.165, 1.54) is 5.56 Å². The highest BCUT2D eigenvalue weighted by atomic mass is 32.1. The fourth-order valence-corrected chi connectivity index (χ4v) is 2.57. The van der Waals surface area contributed by atoms with Crippen LogP contribution in [0.25, 0.3) is 11.3 Å². The van der Waals surface area contributed by atoms with Crippen LogP contribution < -0.4 is 10.3 Å². The van der Waals surface area contributed by atoms with Crippen LogP contribution in [0.2, 0.25) is 0 Å². The van der Waals surface area contributed by atoms with Gasteiger partial charge in [0, 0.05) is 11.1 Å². The molecule has 0 saturated carbocycles. The van der Waals surface area contributed by atoms with Gasteiger partial charge in [-0.1, -0.05) is 6.07 Å². The van der Waals surface area contributed by atoms with E-state index >= 15 is 0 Å². The molecule has 0 spiro atoms. The summed E-state index contributed by atoms with van der Waals surface area (Å²) < 4.78 is 5.59. The summed E-state index contributed by atoms with van der Waals surface area (Å²) in [5, 5.41) is 0. The fraction of sp³-hybridized carbons (Fsp3) is 0.231. The summed E-state index contributed by atoms with van der Waals surface area (Å²) in [7, 11) is 1.63. The first-order chi connectivity index (χ1) is 8.69. The average molecular weight is 260 g/mol. The first-order valence-electron chi connectivity index (χ1n) is 5.72. The minimum atomic E-state index is -0.0952. The Morgan fingerprint density at radius 1 is 1.28 bits per heavy atom. The van der Waals surface area contributed by atoms with Crippen molar-refractivity contribution in [2.45, 2.75) is 12.8 Å². The molecule has 0 atom stereocenters. The van der Waals surface area contributed by atoms with Crippen molar-refractivity contribution >= 4 is 12.2 Å². The lowest BCUT2D eigenvalue weighted by Crippen LogP contribution is -2.20. The molecule has 2 aromatic rings. The summed E-state index contributed by atoms with van der Waals surface area (Å²) in [6.07, 6.45) is 1.59. The molecule has 0 radical (unpaired) electrons. The summed E-state index contributed by atoms with van der Waals surface area (Å²) in [4.78, 5) is 17.6. The highest BCUT2D eigenvalue weighted by Crippen LogP contribution is 2.32. The molecule has 0 aliphatic heterocycles. The Kier molecular flexibility index (Phi) is 2.56. The molecule has 0 amide bonds. The van der Waals surface area contributed by atoms with E-state index in [9.17, 15) is 4.79 Å². The molecule has 92 valence electrons. The Labute approximate surface area is 109 Å². The lowest BCUT2D eigenvalue weighted by molar-refractivity contribution is 0.415. The van der Waals surface area contributed by atoms with Gasteiger partial charge in [-0.05, 0) is 42.8 Å². The van der Waals surface area contributed by atoms with Crippen LogP contribution in [0.15, 0.2) is 23.0 Å². The molecule has 3 rings (SSSR count). The molecule has 1 aliphatic rings. The SMILES string of the molecule is COc1ccc2c(c1)-c1[nH]c(=S)[nH]c(=O)c1CC2. The number of aromatic nitrogens is 2. The third kappa shape index (κ3) is 1.67. The lowest BCUT2D eigenvalue weighted by Gasteiger charge is -2.19. The zero-order valence-electron chi connectivity index (χ0n) is 9.87. The maximum atomic E-state index is 11.9. The van der Waals surface area contributed by atoms with E-state index in [2.05, 4.69) is 9.97 Å². The Morgan fingerprint density at radius 3 is 2.89 bits per heavy atom. The predicted molar refractivity (Wildman–Crippen MR) is 71.6 cm³/mol. The van der Waals surface area contributed by atoms with E-state index in [0.29, 0.717) is 4.77 Å². The van der Waals surface area contributed by atoms with Crippen molar-refractivity contribution in [1.29, 1.82) is 0 Å². The first kappa shape index (κ1) is 11.2. The number of hydrogen-bond donors (Lipinski definition) is 2. The number of H-pyrrole nitrogens is 2. The molecule has 4 nitrogen and oxygen atoms in total. The highest BCUT2D eigenvalue weighted by molar-refractivity contribution is 7.71. The van der Waals surface area contributed by atoms with E-state index in [1.807, 2.05) is 18.2 Å². The van der Waals surface area contributed by atoms with Crippen LogP contribution in [-0.4, -0.2) is 17.1 Å². The van der Waals surface area contributed by atoms with Gasteiger partial charge in [-0.25, -0.2) is 0 Å². The van der Waals surface area contributed by atoms with Gasteiger partial charge in [-0.3, -0.25) is 9.78 Å². The largest absolute Gasteiger partial charge is 0.497 e. The average Bonchev–Trinajstić information content (AvgIpc) is 2.37. The number of hydrogen-bond acceptors (Lipinski definition) is 3. The van der Waals surface area contributed by atoms with Crippen molar-refractivity contribution in [3.8, 4) is 17.0 Å². The van der Waals surface area contributed by atoms with Gasteiger partial charge in [0.25, 0.3) is 5.56 Å². The van der Waals surface area contributed by atoms with Gasteiger partial charge in [-0.2, -0.15) is 0 Å². The van der Waals surface area contributed by atoms with Crippen LogP contribution in [-0.2, 0) is 12.8 Å². The number of benzene rings is 1. The monoisotopic (exact) mass is 260 g/mol. The summed E-state index contributed by atoms with van der Waals surface area (Å²) in [5.41, 5.74) is 3.71. The number of fused-ring (bicyclic) bond motifs is 3. The van der Waals surface area contributed by atoms with Crippen LogP contribution >= 0.6 is 12.2 Å². The Balaban J connectivity index is 2.33. The smallest absolute Gasteiger partial charge is 0.255 e. The van der Waals surface area contributed by atoms with Crippen molar-refractivity contribution in [3.05, 3.63) is 44.5 Å². The van der Waals surface area contributed by atoms with Crippen molar-refractivity contribution in [3.63, 3.8) is 0 Å². The number of nitrogens with one attached hydrogen (secondary N) is 2. The zero-order chi connectivity index (χ0) is 12.7. The minimum absolute atomic E-state index is 0.0952. The Morgan fingerprint density at radius 2 is 2.11 bits per heavy atom. The molecule has 18 heavy (non-hydrogen) atoms. The van der Waals surface area contributed by atoms with Gasteiger partial charge in [0.2, 0.25) is 0 Å². The Hall–Kier alpha value is -1.88. The molecule has 1 heterocycles. The lowest BCUT2D eigenvalue weighted by atomic mass is 9.89. The molecule has 2 N–H and O–H groups in total. The van der Waals surface area contributed by atoms with Crippen molar-refractivity contribution in [1.82, 2.24) is 9.97 Å². The predicted octanol–water partition coefficient (Wildman–Crippen LogP) is 2.21. The van der Waals surface area contributed by atoms with E-state index in [-0.39, 0.29) is 5.56 Å². The van der Waals surface area contributed by atoms with Gasteiger partial charge < -0.3 is 9.72 Å². The highest BCUT2D eigenvalue weighted by Gasteiger charge is 2.19. The summed E-state index contributed by atoms with van der Waals surface area (Å²) in [6.45, 7) is 0. The van der Waals surface area contributed by atoms with Crippen LogP contribution in [0, 0.1) is 4.77 Å². The molecule has 1 aromatic heterocycles. The van der Waals surface area contributed by atoms with Gasteiger partial charge >= 0.3 is 0 Å². The van der Waals surface area contributed by atoms with Crippen LogP contribution in [0.5, 0.6) is 5.75 Å². The molecule has 1 aromatic carbocycles. The van der Waals surface area contributed by atoms with Crippen molar-refractivity contribution < 1.29 is 4.74 Å². The number of rotatable bonds is 1. The number of aryl methyl sites for hydroxylation is 1. The van der Waals surface area contributed by atoms with Crippen LogP contribution in [0.1, 0.15) is 11.1 Å². The standard InChI is InChI=1S/C13H12N2O2S/c1-17-8-4-2-7-3-5-9-11(10(7)6-8)14-13(18)15-12(9)16/h2,4,6H,3,5H2,1H3,(H2,14,15,16,18). The molecule has 1 aliphatic carbocycles. The second-order valence-corrected chi connectivity index (χ2v) is 4.69. The maximum absolute atomic E-state index is 11.9. The second-order valence-electron chi connectivity index (χ2n) is 4.28. The number of aromatic amines is 2. The maximum Gasteiger partial charge on any atom is 0.255 e. The van der Waals surface area contributed by atoms with E-state index in [4.69, 9.17) is 17.0 Å². The minimum Gasteiger partial charge on any atom is -0.497 e. The quantitative estimate of drug-likeness (QED) is 0.773. The van der Waals surface area contributed by atoms with Gasteiger partial charge in [0.05, 0.1) is 12.8 Å². The van der Waals surface area contributed by atoms with Gasteiger partial charge in [0.15, 0.2) is 4.77 Å². The van der Waals surface area contributed by atoms with E-state index in [1.54, 1.807) is 7.11 Å². The number of ether oxygens (including phenoxy) is 1. The molecule has 0 bridgehead atoms. The zero-order valence-corrected chi connectivity index (χ0v) is 10.7. The first-order valence-corrected chi connectivity index (χ1v) is 6.12. The molecule has 0 unspecified atom stereocenters. The van der Waals surface area contributed by atoms with Crippen molar-refractivity contribution in [2.75, 3.05) is 7.11 Å². The van der Waals surface area contributed by atoms with Gasteiger partial charge in [-0.15, -0.1) is 0 Å². The normalized spacial score (nSPS) is 12.7. The molecular weight excluding hydrogens is 248 g/mol. The van der Waals surface area contributed by atoms with Crippen molar-refractivity contribution in [2.24, 2.45) is 0 Å². The summed E-state index contributed by atoms with van der Waals surface area (Å²) >= 11 is 5.03. The topological polar surface area (TPSA) is 57.9 Å². The molecule has 0 fully saturated rings. The summed E-state index contributed by atoms with van der Waals surface area (Å²) in [5.74, 6) is 0.779. The van der Waals surface area contributed by atoms with Crippen LogP contribution in [0.3, 0.4) is 0 Å². The van der Waals surface area contributed by atoms with E-state index < -0.39 is 0 Å². The Bertz CT molecular complexity index is 731. The van der Waals surface area contributed by atoms with Crippen LogP contribution in [0.4, 0.5) is 0 Å². The third-order valence-corrected chi connectivity index (χ3v) is 3.48.